The van der Waals surface area contributed by atoms with Gasteiger partial charge in [-0.1, -0.05) is 103 Å². The third-order valence-electron chi connectivity index (χ3n) is 7.08. The Morgan fingerprint density at radius 3 is 2.00 bits per heavy atom. The van der Waals surface area contributed by atoms with Crippen LogP contribution in [0.25, 0.3) is 11.6 Å². The Balaban J connectivity index is 1.52. The van der Waals surface area contributed by atoms with Crippen LogP contribution < -0.4 is 9.47 Å². The first-order valence-electron chi connectivity index (χ1n) is 15.8. The van der Waals surface area contributed by atoms with Crippen LogP contribution >= 0.6 is 7.60 Å². The summed E-state index contributed by atoms with van der Waals surface area (Å²) in [5, 5.41) is 0. The van der Waals surface area contributed by atoms with Crippen molar-refractivity contribution < 1.29 is 23.1 Å². The molecule has 4 aromatic carbocycles. The van der Waals surface area contributed by atoms with E-state index in [1.165, 1.54) is 0 Å². The molecular formula is C39H44NO5P. The van der Waals surface area contributed by atoms with Crippen LogP contribution in [0.3, 0.4) is 0 Å². The van der Waals surface area contributed by atoms with Crippen molar-refractivity contribution in [1.29, 1.82) is 0 Å². The molecule has 0 saturated heterocycles. The van der Waals surface area contributed by atoms with Gasteiger partial charge in [-0.15, -0.1) is 0 Å². The molecule has 0 heterocycles. The molecule has 0 radical (unpaired) electrons. The van der Waals surface area contributed by atoms with Gasteiger partial charge in [-0.3, -0.25) is 9.56 Å². The van der Waals surface area contributed by atoms with Crippen molar-refractivity contribution in [1.82, 2.24) is 0 Å². The summed E-state index contributed by atoms with van der Waals surface area (Å²) in [6.45, 7) is 7.87. The minimum absolute atomic E-state index is 0.347. The van der Waals surface area contributed by atoms with Gasteiger partial charge < -0.3 is 18.5 Å². The number of benzene rings is 4. The van der Waals surface area contributed by atoms with Crippen LogP contribution in [-0.2, 0) is 26.8 Å². The second-order valence-electron chi connectivity index (χ2n) is 10.6. The van der Waals surface area contributed by atoms with E-state index in [0.717, 1.165) is 33.4 Å². The Morgan fingerprint density at radius 1 is 0.761 bits per heavy atom. The molecule has 0 aliphatic heterocycles. The van der Waals surface area contributed by atoms with Crippen LogP contribution in [0.2, 0.25) is 0 Å². The molecule has 0 spiro atoms. The predicted molar refractivity (Wildman–Crippen MR) is 190 cm³/mol. The molecule has 46 heavy (non-hydrogen) atoms. The first-order chi connectivity index (χ1) is 22.5. The standard InChI is InChI=1S/C39H44NO5P/c1-4-44-46(41,45-5-2)28-14-26-40-27-25-36(37-20-13-12-15-32(37)3)23-21-33-22-24-38(42-30-34-16-8-6-9-17-34)39(29-33)43-31-35-18-10-7-11-19-35/h6-13,15-25,27,29H,4-5,14,26,28,30-31H2,1-3H3/b23-21?,36-25-,40-27?. The summed E-state index contributed by atoms with van der Waals surface area (Å²) < 4.78 is 36.0. The molecule has 7 heteroatoms. The molecule has 240 valence electrons. The van der Waals surface area contributed by atoms with Gasteiger partial charge in [0.1, 0.15) is 13.2 Å². The highest BCUT2D eigenvalue weighted by Gasteiger charge is 2.22. The van der Waals surface area contributed by atoms with Crippen LogP contribution in [0, 0.1) is 6.92 Å². The highest BCUT2D eigenvalue weighted by atomic mass is 31.2. The van der Waals surface area contributed by atoms with Gasteiger partial charge >= 0.3 is 7.60 Å². The average Bonchev–Trinajstić information content (AvgIpc) is 3.07. The smallest absolute Gasteiger partial charge is 0.330 e. The van der Waals surface area contributed by atoms with Crippen molar-refractivity contribution in [2.45, 2.75) is 40.4 Å². The number of rotatable bonds is 18. The van der Waals surface area contributed by atoms with Gasteiger partial charge in [-0.2, -0.15) is 0 Å². The Hall–Kier alpha value is -4.22. The van der Waals surface area contributed by atoms with Crippen molar-refractivity contribution in [3.8, 4) is 11.5 Å². The molecule has 0 fully saturated rings. The number of aryl methyl sites for hydroxylation is 1. The van der Waals surface area contributed by atoms with E-state index in [4.69, 9.17) is 18.5 Å². The molecule has 0 aromatic heterocycles. The quantitative estimate of drug-likeness (QED) is 0.0470. The van der Waals surface area contributed by atoms with Gasteiger partial charge in [0.2, 0.25) is 0 Å². The van der Waals surface area contributed by atoms with Gasteiger partial charge in [0.05, 0.1) is 19.4 Å². The average molecular weight is 638 g/mol. The molecule has 0 bridgehead atoms. The van der Waals surface area contributed by atoms with Gasteiger partial charge in [-0.05, 0) is 78.8 Å². The molecule has 6 nitrogen and oxygen atoms in total. The van der Waals surface area contributed by atoms with Crippen molar-refractivity contribution in [2.24, 2.45) is 4.99 Å². The first-order valence-corrected chi connectivity index (χ1v) is 17.5. The highest BCUT2D eigenvalue weighted by molar-refractivity contribution is 7.53. The number of ether oxygens (including phenoxy) is 2. The van der Waals surface area contributed by atoms with E-state index in [1.807, 2.05) is 117 Å². The molecule has 0 amide bonds. The molecule has 0 unspecified atom stereocenters. The molecule has 0 aliphatic carbocycles. The largest absolute Gasteiger partial charge is 0.485 e. The highest BCUT2D eigenvalue weighted by Crippen LogP contribution is 2.48. The number of allylic oxidation sites excluding steroid dienone is 3. The van der Waals surface area contributed by atoms with Gasteiger partial charge in [0, 0.05) is 12.8 Å². The lowest BCUT2D eigenvalue weighted by molar-refractivity contribution is 0.220. The Bertz CT molecular complexity index is 1620. The fourth-order valence-electron chi connectivity index (χ4n) is 4.77. The number of nitrogens with zero attached hydrogens (tertiary/aromatic N) is 1. The van der Waals surface area contributed by atoms with Crippen LogP contribution in [0.4, 0.5) is 0 Å². The van der Waals surface area contributed by atoms with E-state index in [-0.39, 0.29) is 0 Å². The summed E-state index contributed by atoms with van der Waals surface area (Å²) in [4.78, 5) is 4.56. The summed E-state index contributed by atoms with van der Waals surface area (Å²) in [6, 6.07) is 34.5. The Labute approximate surface area is 274 Å². The monoisotopic (exact) mass is 637 g/mol. The SMILES string of the molecule is CCOP(=O)(CCCN=C/C=C(/C=Cc1ccc(OCc2ccccc2)c(OCc2ccccc2)c1)c1ccccc1C)OCC. The second-order valence-corrected chi connectivity index (χ2v) is 12.8. The Kier molecular flexibility index (Phi) is 14.1. The topological polar surface area (TPSA) is 66.4 Å². The predicted octanol–water partition coefficient (Wildman–Crippen LogP) is 9.98. The van der Waals surface area contributed by atoms with Crippen molar-refractivity contribution >= 4 is 25.5 Å². The van der Waals surface area contributed by atoms with Crippen LogP contribution in [0.15, 0.2) is 120 Å². The lowest BCUT2D eigenvalue weighted by atomic mass is 9.99. The maximum Gasteiger partial charge on any atom is 0.330 e. The normalized spacial score (nSPS) is 12.2. The van der Waals surface area contributed by atoms with Crippen molar-refractivity contribution in [3.05, 3.63) is 143 Å². The van der Waals surface area contributed by atoms with E-state index >= 15 is 0 Å². The molecule has 4 rings (SSSR count). The second kappa shape index (κ2) is 18.7. The summed E-state index contributed by atoms with van der Waals surface area (Å²) in [6.07, 6.45) is 8.94. The maximum atomic E-state index is 12.7. The third-order valence-corrected chi connectivity index (χ3v) is 9.25. The molecule has 0 aliphatic rings. The zero-order valence-corrected chi connectivity index (χ0v) is 27.9. The summed E-state index contributed by atoms with van der Waals surface area (Å²) in [7, 11) is -3.06. The maximum absolute atomic E-state index is 12.7. The molecule has 4 aromatic rings. The van der Waals surface area contributed by atoms with Gasteiger partial charge in [0.25, 0.3) is 0 Å². The zero-order valence-electron chi connectivity index (χ0n) is 27.0. The van der Waals surface area contributed by atoms with E-state index in [1.54, 1.807) is 0 Å². The van der Waals surface area contributed by atoms with Crippen molar-refractivity contribution in [2.75, 3.05) is 25.9 Å². The van der Waals surface area contributed by atoms with Crippen LogP contribution in [-0.4, -0.2) is 32.1 Å². The van der Waals surface area contributed by atoms with Gasteiger partial charge in [-0.25, -0.2) is 0 Å². The molecule has 0 N–H and O–H groups in total. The van der Waals surface area contributed by atoms with E-state index in [9.17, 15) is 4.57 Å². The summed E-state index contributed by atoms with van der Waals surface area (Å²) in [5.41, 5.74) is 6.46. The van der Waals surface area contributed by atoms with Crippen molar-refractivity contribution in [3.63, 3.8) is 0 Å². The fraction of sp³-hybridized carbons (Fsp3) is 0.256. The molecule has 0 saturated carbocycles. The number of aliphatic imine (C=N–C) groups is 1. The molecule has 0 atom stereocenters. The lowest BCUT2D eigenvalue weighted by Gasteiger charge is -2.16. The minimum atomic E-state index is -3.06. The lowest BCUT2D eigenvalue weighted by Crippen LogP contribution is -2.01. The first kappa shape index (κ1) is 34.6. The van der Waals surface area contributed by atoms with Crippen LogP contribution in [0.5, 0.6) is 11.5 Å². The van der Waals surface area contributed by atoms with E-state index in [2.05, 4.69) is 36.2 Å². The third kappa shape index (κ3) is 11.3. The minimum Gasteiger partial charge on any atom is -0.485 e. The molecular weight excluding hydrogens is 593 g/mol. The summed E-state index contributed by atoms with van der Waals surface area (Å²) in [5.74, 6) is 1.37. The van der Waals surface area contributed by atoms with Gasteiger partial charge in [0.15, 0.2) is 11.5 Å². The van der Waals surface area contributed by atoms with Crippen LogP contribution in [0.1, 0.15) is 48.1 Å². The van der Waals surface area contributed by atoms with E-state index in [0.29, 0.717) is 57.1 Å². The number of hydrogen-bond donors (Lipinski definition) is 0. The van der Waals surface area contributed by atoms with E-state index < -0.39 is 7.60 Å². The number of hydrogen-bond acceptors (Lipinski definition) is 6. The summed E-state index contributed by atoms with van der Waals surface area (Å²) >= 11 is 0. The Morgan fingerprint density at radius 2 is 1.37 bits per heavy atom. The zero-order chi connectivity index (χ0) is 32.5. The fourth-order valence-corrected chi connectivity index (χ4v) is 6.42.